The van der Waals surface area contributed by atoms with Gasteiger partial charge >= 0.3 is 5.97 Å². The molecule has 7 heteroatoms. The van der Waals surface area contributed by atoms with Gasteiger partial charge in [0.15, 0.2) is 0 Å². The van der Waals surface area contributed by atoms with Crippen molar-refractivity contribution in [3.05, 3.63) is 107 Å². The zero-order valence-corrected chi connectivity index (χ0v) is 29.9. The second-order valence-corrected chi connectivity index (χ2v) is 13.2. The van der Waals surface area contributed by atoms with Crippen LogP contribution in [0, 0.1) is 26.6 Å². The molecule has 0 radical (unpaired) electrons. The lowest BCUT2D eigenvalue weighted by Gasteiger charge is -2.41. The number of aryl methyl sites for hydroxylation is 3. The molecule has 1 aromatic heterocycles. The van der Waals surface area contributed by atoms with Gasteiger partial charge in [0.05, 0.1) is 30.9 Å². The van der Waals surface area contributed by atoms with Gasteiger partial charge in [0, 0.05) is 55.2 Å². The Hall–Kier alpha value is -3.81. The number of benzene rings is 2. The summed E-state index contributed by atoms with van der Waals surface area (Å²) in [6.07, 6.45) is 10.2. The first-order chi connectivity index (χ1) is 23.1. The van der Waals surface area contributed by atoms with Crippen LogP contribution in [0.4, 0.5) is 10.1 Å². The molecule has 0 saturated carbocycles. The lowest BCUT2D eigenvalue weighted by molar-refractivity contribution is -0.142. The van der Waals surface area contributed by atoms with E-state index >= 15 is 0 Å². The SMILES string of the molecule is C=CCOC1(C)CCN(c2c(CC(=O)OCC)c(C)nc(C)c2-c2ccc(CN(CC/C=C\CC)Cc3ccc(F)c(C)c3)cc2)CC1. The molecule has 0 unspecified atom stereocenters. The van der Waals surface area contributed by atoms with Crippen LogP contribution < -0.4 is 4.90 Å². The van der Waals surface area contributed by atoms with Gasteiger partial charge in [-0.1, -0.05) is 61.5 Å². The molecule has 48 heavy (non-hydrogen) atoms. The van der Waals surface area contributed by atoms with Crippen molar-refractivity contribution >= 4 is 11.7 Å². The molecule has 0 atom stereocenters. The van der Waals surface area contributed by atoms with Crippen molar-refractivity contribution in [1.82, 2.24) is 9.88 Å². The summed E-state index contributed by atoms with van der Waals surface area (Å²) in [6.45, 7) is 20.8. The van der Waals surface area contributed by atoms with Crippen LogP contribution in [-0.2, 0) is 33.8 Å². The van der Waals surface area contributed by atoms with E-state index in [0.717, 1.165) is 97.7 Å². The van der Waals surface area contributed by atoms with Gasteiger partial charge in [-0.2, -0.15) is 0 Å². The zero-order valence-electron chi connectivity index (χ0n) is 29.9. The summed E-state index contributed by atoms with van der Waals surface area (Å²) in [5.41, 5.74) is 8.70. The van der Waals surface area contributed by atoms with E-state index in [4.69, 9.17) is 14.5 Å². The highest BCUT2D eigenvalue weighted by Gasteiger charge is 2.33. The Morgan fingerprint density at radius 3 is 2.35 bits per heavy atom. The van der Waals surface area contributed by atoms with Gasteiger partial charge in [-0.3, -0.25) is 14.7 Å². The van der Waals surface area contributed by atoms with Crippen molar-refractivity contribution < 1.29 is 18.7 Å². The highest BCUT2D eigenvalue weighted by molar-refractivity contribution is 5.86. The number of halogens is 1. The van der Waals surface area contributed by atoms with Gasteiger partial charge in [0.2, 0.25) is 0 Å². The van der Waals surface area contributed by atoms with Gasteiger partial charge in [-0.15, -0.1) is 6.58 Å². The number of rotatable bonds is 16. The van der Waals surface area contributed by atoms with Crippen LogP contribution in [0.1, 0.15) is 80.1 Å². The number of pyridine rings is 1. The predicted octanol–water partition coefficient (Wildman–Crippen LogP) is 8.84. The van der Waals surface area contributed by atoms with Crippen molar-refractivity contribution in [2.45, 2.75) is 92.3 Å². The standard InChI is InChI=1S/C41H54FN3O3/c1-8-11-12-13-22-44(29-34-16-19-37(42)30(4)26-34)28-33-14-17-35(18-15-33)39-32(6)43-31(5)36(27-38(46)47-10-3)40(39)45-23-20-41(7,21-24-45)48-25-9-2/h9,11-12,14-19,26H,2,8,10,13,20-25,27-29H2,1,3-7H3/b12-11-. The maximum atomic E-state index is 14.0. The Morgan fingerprint density at radius 1 is 1.02 bits per heavy atom. The fraction of sp³-hybridized carbons (Fsp3) is 0.463. The first kappa shape index (κ1) is 37.0. The lowest BCUT2D eigenvalue weighted by Crippen LogP contribution is -2.45. The molecule has 2 aromatic carbocycles. The van der Waals surface area contributed by atoms with E-state index in [9.17, 15) is 9.18 Å². The summed E-state index contributed by atoms with van der Waals surface area (Å²) in [7, 11) is 0. The molecule has 258 valence electrons. The second kappa shape index (κ2) is 17.5. The molecule has 1 aliphatic heterocycles. The molecule has 0 amide bonds. The van der Waals surface area contributed by atoms with Crippen molar-refractivity contribution in [1.29, 1.82) is 0 Å². The fourth-order valence-electron chi connectivity index (χ4n) is 6.59. The number of hydrogen-bond acceptors (Lipinski definition) is 6. The number of carbonyl (C=O) groups excluding carboxylic acids is 1. The molecule has 4 rings (SSSR count). The topological polar surface area (TPSA) is 54.9 Å². The molecule has 2 heterocycles. The monoisotopic (exact) mass is 655 g/mol. The van der Waals surface area contributed by atoms with Crippen LogP contribution in [0.25, 0.3) is 11.1 Å². The van der Waals surface area contributed by atoms with Gasteiger partial charge in [0.25, 0.3) is 0 Å². The van der Waals surface area contributed by atoms with Gasteiger partial charge < -0.3 is 14.4 Å². The third-order valence-electron chi connectivity index (χ3n) is 9.26. The Kier molecular flexibility index (Phi) is 13.5. The van der Waals surface area contributed by atoms with Crippen LogP contribution in [0.5, 0.6) is 0 Å². The summed E-state index contributed by atoms with van der Waals surface area (Å²) in [4.78, 5) is 22.6. The number of anilines is 1. The van der Waals surface area contributed by atoms with Crippen molar-refractivity contribution in [2.75, 3.05) is 37.7 Å². The number of carbonyl (C=O) groups is 1. The maximum Gasteiger partial charge on any atom is 0.310 e. The van der Waals surface area contributed by atoms with Crippen LogP contribution in [0.15, 0.2) is 67.3 Å². The number of aromatic nitrogens is 1. The molecule has 0 bridgehead atoms. The summed E-state index contributed by atoms with van der Waals surface area (Å²) >= 11 is 0. The fourth-order valence-corrected chi connectivity index (χ4v) is 6.59. The molecule has 0 aliphatic carbocycles. The Morgan fingerprint density at radius 2 is 1.71 bits per heavy atom. The van der Waals surface area contributed by atoms with E-state index in [1.165, 1.54) is 5.56 Å². The molecule has 1 aliphatic rings. The van der Waals surface area contributed by atoms with E-state index in [1.807, 2.05) is 32.9 Å². The largest absolute Gasteiger partial charge is 0.466 e. The minimum atomic E-state index is -0.241. The summed E-state index contributed by atoms with van der Waals surface area (Å²) < 4.78 is 25.6. The van der Waals surface area contributed by atoms with E-state index in [-0.39, 0.29) is 23.8 Å². The quantitative estimate of drug-likeness (QED) is 0.114. The number of nitrogens with zero attached hydrogens (tertiary/aromatic N) is 3. The van der Waals surface area contributed by atoms with E-state index in [1.54, 1.807) is 12.1 Å². The van der Waals surface area contributed by atoms with Crippen LogP contribution >= 0.6 is 0 Å². The first-order valence-electron chi connectivity index (χ1n) is 17.4. The third-order valence-corrected chi connectivity index (χ3v) is 9.26. The third kappa shape index (κ3) is 9.86. The smallest absolute Gasteiger partial charge is 0.310 e. The van der Waals surface area contributed by atoms with E-state index in [0.29, 0.717) is 18.8 Å². The minimum absolute atomic E-state index is 0.169. The molecule has 1 saturated heterocycles. The Balaban J connectivity index is 1.66. The average molecular weight is 656 g/mol. The Labute approximate surface area is 287 Å². The molecule has 1 fully saturated rings. The highest BCUT2D eigenvalue weighted by Crippen LogP contribution is 2.41. The van der Waals surface area contributed by atoms with Crippen molar-refractivity contribution in [3.8, 4) is 11.1 Å². The van der Waals surface area contributed by atoms with E-state index in [2.05, 4.69) is 73.6 Å². The van der Waals surface area contributed by atoms with Crippen molar-refractivity contribution in [2.24, 2.45) is 0 Å². The second-order valence-electron chi connectivity index (χ2n) is 13.2. The van der Waals surface area contributed by atoms with Gasteiger partial charge in [0.1, 0.15) is 5.82 Å². The van der Waals surface area contributed by atoms with Gasteiger partial charge in [-0.25, -0.2) is 4.39 Å². The molecular formula is C41H54FN3O3. The summed E-state index contributed by atoms with van der Waals surface area (Å²) in [5.74, 6) is -0.410. The minimum Gasteiger partial charge on any atom is -0.466 e. The van der Waals surface area contributed by atoms with Crippen LogP contribution in [-0.4, -0.2) is 54.3 Å². The first-order valence-corrected chi connectivity index (χ1v) is 17.4. The molecule has 0 N–H and O–H groups in total. The lowest BCUT2D eigenvalue weighted by atomic mass is 9.89. The number of ether oxygens (including phenoxy) is 2. The van der Waals surface area contributed by atoms with Crippen LogP contribution in [0.2, 0.25) is 0 Å². The summed E-state index contributed by atoms with van der Waals surface area (Å²) in [6, 6.07) is 14.2. The normalized spacial score (nSPS) is 14.5. The van der Waals surface area contributed by atoms with Crippen molar-refractivity contribution in [3.63, 3.8) is 0 Å². The number of hydrogen-bond donors (Lipinski definition) is 0. The maximum absolute atomic E-state index is 14.0. The molecular weight excluding hydrogens is 601 g/mol. The predicted molar refractivity (Wildman–Crippen MR) is 195 cm³/mol. The Bertz CT molecular complexity index is 1560. The molecule has 3 aromatic rings. The number of allylic oxidation sites excluding steroid dienone is 1. The van der Waals surface area contributed by atoms with Gasteiger partial charge in [-0.05, 0) is 88.6 Å². The highest BCUT2D eigenvalue weighted by atomic mass is 19.1. The molecule has 6 nitrogen and oxygen atoms in total. The molecule has 0 spiro atoms. The van der Waals surface area contributed by atoms with Crippen LogP contribution in [0.3, 0.4) is 0 Å². The number of piperidine rings is 1. The zero-order chi connectivity index (χ0) is 34.7. The number of esters is 1. The summed E-state index contributed by atoms with van der Waals surface area (Å²) in [5, 5.41) is 0. The average Bonchev–Trinajstić information content (AvgIpc) is 3.06. The van der Waals surface area contributed by atoms with E-state index < -0.39 is 0 Å².